The zero-order valence-corrected chi connectivity index (χ0v) is 8.73. The van der Waals surface area contributed by atoms with Crippen molar-refractivity contribution in [2.24, 2.45) is 0 Å². The van der Waals surface area contributed by atoms with Gasteiger partial charge >= 0.3 is 0 Å². The second-order valence-electron chi connectivity index (χ2n) is 3.03. The summed E-state index contributed by atoms with van der Waals surface area (Å²) in [4.78, 5) is 0. The molecule has 0 aliphatic heterocycles. The van der Waals surface area contributed by atoms with Gasteiger partial charge in [0.05, 0.1) is 13.2 Å². The average molecular weight is 207 g/mol. The minimum Gasteiger partial charge on any atom is -0.497 e. The molecule has 80 valence electrons. The molecule has 0 unspecified atom stereocenters. The van der Waals surface area contributed by atoms with E-state index in [1.807, 2.05) is 6.07 Å². The Morgan fingerprint density at radius 3 is 2.80 bits per heavy atom. The van der Waals surface area contributed by atoms with Crippen molar-refractivity contribution in [3.63, 3.8) is 0 Å². The first-order valence-corrected chi connectivity index (χ1v) is 4.54. The van der Waals surface area contributed by atoms with E-state index in [-0.39, 0.29) is 6.61 Å². The Balaban J connectivity index is 3.00. The number of rotatable bonds is 4. The van der Waals surface area contributed by atoms with Crippen LogP contribution in [0.25, 0.3) is 0 Å². The highest BCUT2D eigenvalue weighted by Gasteiger charge is 2.10. The maximum absolute atomic E-state index is 9.46. The predicted octanol–water partition coefficient (Wildman–Crippen LogP) is 1.65. The van der Waals surface area contributed by atoms with Crippen LogP contribution in [0.15, 0.2) is 18.2 Å². The quantitative estimate of drug-likeness (QED) is 0.815. The topological polar surface area (TPSA) is 62.5 Å². The highest BCUT2D eigenvalue weighted by Crippen LogP contribution is 2.29. The van der Waals surface area contributed by atoms with E-state index < -0.39 is 6.10 Å². The Kier molecular flexibility index (Phi) is 3.95. The summed E-state index contributed by atoms with van der Waals surface area (Å²) in [5.74, 6) is 1.11. The third-order valence-corrected chi connectivity index (χ3v) is 1.96. The zero-order chi connectivity index (χ0) is 11.3. The van der Waals surface area contributed by atoms with Gasteiger partial charge in [0.2, 0.25) is 0 Å². The van der Waals surface area contributed by atoms with Gasteiger partial charge in [-0.1, -0.05) is 0 Å². The van der Waals surface area contributed by atoms with Gasteiger partial charge in [0.25, 0.3) is 0 Å². The van der Waals surface area contributed by atoms with Crippen LogP contribution < -0.4 is 9.47 Å². The molecule has 0 aromatic heterocycles. The fourth-order valence-electron chi connectivity index (χ4n) is 1.22. The van der Waals surface area contributed by atoms with Crippen LogP contribution in [0.5, 0.6) is 11.5 Å². The van der Waals surface area contributed by atoms with Crippen LogP contribution in [0.2, 0.25) is 0 Å². The lowest BCUT2D eigenvalue weighted by Crippen LogP contribution is -2.01. The van der Waals surface area contributed by atoms with E-state index in [1.54, 1.807) is 32.2 Å². The van der Waals surface area contributed by atoms with Crippen LogP contribution in [0, 0.1) is 11.3 Å². The summed E-state index contributed by atoms with van der Waals surface area (Å²) in [6.45, 7) is 1.59. The monoisotopic (exact) mass is 207 g/mol. The molecule has 1 N–H and O–H groups in total. The van der Waals surface area contributed by atoms with Gasteiger partial charge in [0.15, 0.2) is 6.61 Å². The largest absolute Gasteiger partial charge is 0.497 e. The maximum atomic E-state index is 9.46. The molecule has 0 radical (unpaired) electrons. The zero-order valence-electron chi connectivity index (χ0n) is 8.73. The Morgan fingerprint density at radius 1 is 1.53 bits per heavy atom. The molecule has 4 heteroatoms. The fraction of sp³-hybridized carbons (Fsp3) is 0.364. The number of nitriles is 1. The number of ether oxygens (including phenoxy) is 2. The lowest BCUT2D eigenvalue weighted by molar-refractivity contribution is 0.193. The van der Waals surface area contributed by atoms with E-state index in [1.165, 1.54) is 0 Å². The second-order valence-corrected chi connectivity index (χ2v) is 3.03. The highest BCUT2D eigenvalue weighted by molar-refractivity contribution is 5.41. The molecule has 4 nitrogen and oxygen atoms in total. The van der Waals surface area contributed by atoms with Crippen LogP contribution in [0.4, 0.5) is 0 Å². The first-order chi connectivity index (χ1) is 7.19. The molecule has 0 bridgehead atoms. The van der Waals surface area contributed by atoms with Gasteiger partial charge in [-0.3, -0.25) is 0 Å². The molecular weight excluding hydrogens is 194 g/mol. The van der Waals surface area contributed by atoms with Crippen molar-refractivity contribution in [3.8, 4) is 17.6 Å². The van der Waals surface area contributed by atoms with E-state index in [2.05, 4.69) is 0 Å². The molecular formula is C11H13NO3. The number of aliphatic hydroxyl groups excluding tert-OH is 1. The minimum atomic E-state index is -0.635. The molecule has 0 saturated heterocycles. The number of nitrogens with zero attached hydrogens (tertiary/aromatic N) is 1. The summed E-state index contributed by atoms with van der Waals surface area (Å²) in [5.41, 5.74) is 0.644. The summed E-state index contributed by atoms with van der Waals surface area (Å²) in [7, 11) is 1.55. The van der Waals surface area contributed by atoms with E-state index in [0.29, 0.717) is 17.1 Å². The van der Waals surface area contributed by atoms with Gasteiger partial charge in [-0.25, -0.2) is 0 Å². The van der Waals surface area contributed by atoms with E-state index >= 15 is 0 Å². The Labute approximate surface area is 88.7 Å². The van der Waals surface area contributed by atoms with Crippen LogP contribution >= 0.6 is 0 Å². The Bertz CT molecular complexity index is 369. The van der Waals surface area contributed by atoms with Crippen molar-refractivity contribution < 1.29 is 14.6 Å². The predicted molar refractivity (Wildman–Crippen MR) is 54.7 cm³/mol. The molecule has 0 amide bonds. The van der Waals surface area contributed by atoms with Gasteiger partial charge < -0.3 is 14.6 Å². The number of hydrogen-bond donors (Lipinski definition) is 1. The Morgan fingerprint density at radius 2 is 2.27 bits per heavy atom. The third kappa shape index (κ3) is 2.86. The Hall–Kier alpha value is -1.73. The van der Waals surface area contributed by atoms with Crippen molar-refractivity contribution >= 4 is 0 Å². The third-order valence-electron chi connectivity index (χ3n) is 1.96. The number of hydrogen-bond acceptors (Lipinski definition) is 4. The van der Waals surface area contributed by atoms with E-state index in [0.717, 1.165) is 0 Å². The molecule has 0 aliphatic carbocycles. The van der Waals surface area contributed by atoms with Gasteiger partial charge in [0, 0.05) is 11.6 Å². The summed E-state index contributed by atoms with van der Waals surface area (Å²) < 4.78 is 10.2. The van der Waals surface area contributed by atoms with Crippen LogP contribution in [-0.4, -0.2) is 18.8 Å². The molecule has 0 fully saturated rings. The first-order valence-electron chi connectivity index (χ1n) is 4.54. The van der Waals surface area contributed by atoms with Gasteiger partial charge in [-0.2, -0.15) is 5.26 Å². The lowest BCUT2D eigenvalue weighted by Gasteiger charge is -2.12. The van der Waals surface area contributed by atoms with Crippen molar-refractivity contribution in [1.82, 2.24) is 0 Å². The normalized spacial score (nSPS) is 11.6. The van der Waals surface area contributed by atoms with Crippen LogP contribution in [0.3, 0.4) is 0 Å². The fourth-order valence-corrected chi connectivity index (χ4v) is 1.22. The van der Waals surface area contributed by atoms with Gasteiger partial charge in [-0.05, 0) is 19.1 Å². The number of aliphatic hydroxyl groups is 1. The summed E-state index contributed by atoms with van der Waals surface area (Å²) in [6, 6.07) is 6.98. The number of methoxy groups -OCH3 is 1. The van der Waals surface area contributed by atoms with Crippen molar-refractivity contribution in [1.29, 1.82) is 5.26 Å². The molecule has 15 heavy (non-hydrogen) atoms. The molecule has 0 heterocycles. The standard InChI is InChI=1S/C11H13NO3/c1-8(13)10-4-3-9(14-2)7-11(10)15-6-5-12/h3-4,7-8,13H,6H2,1-2H3/t8-/m0/s1. The molecule has 0 saturated carbocycles. The average Bonchev–Trinajstić information content (AvgIpc) is 2.25. The minimum absolute atomic E-state index is 0.0487. The molecule has 1 aromatic carbocycles. The summed E-state index contributed by atoms with van der Waals surface area (Å²) in [6.07, 6.45) is -0.635. The highest BCUT2D eigenvalue weighted by atomic mass is 16.5. The lowest BCUT2D eigenvalue weighted by atomic mass is 10.1. The van der Waals surface area contributed by atoms with Crippen LogP contribution in [0.1, 0.15) is 18.6 Å². The smallest absolute Gasteiger partial charge is 0.174 e. The van der Waals surface area contributed by atoms with Crippen molar-refractivity contribution in [3.05, 3.63) is 23.8 Å². The SMILES string of the molecule is COc1ccc([C@H](C)O)c(OCC#N)c1. The second kappa shape index (κ2) is 5.23. The molecule has 0 spiro atoms. The van der Waals surface area contributed by atoms with E-state index in [4.69, 9.17) is 14.7 Å². The van der Waals surface area contributed by atoms with Crippen LogP contribution in [-0.2, 0) is 0 Å². The summed E-state index contributed by atoms with van der Waals surface area (Å²) >= 11 is 0. The van der Waals surface area contributed by atoms with Crippen molar-refractivity contribution in [2.75, 3.05) is 13.7 Å². The molecule has 1 atom stereocenters. The molecule has 1 rings (SSSR count). The van der Waals surface area contributed by atoms with Crippen molar-refractivity contribution in [2.45, 2.75) is 13.0 Å². The van der Waals surface area contributed by atoms with E-state index in [9.17, 15) is 5.11 Å². The van der Waals surface area contributed by atoms with Gasteiger partial charge in [-0.15, -0.1) is 0 Å². The van der Waals surface area contributed by atoms with Gasteiger partial charge in [0.1, 0.15) is 17.6 Å². The molecule has 0 aliphatic rings. The summed E-state index contributed by atoms with van der Waals surface area (Å²) in [5, 5.41) is 17.9. The first kappa shape index (κ1) is 11.3. The number of benzene rings is 1. The molecule has 1 aromatic rings. The maximum Gasteiger partial charge on any atom is 0.174 e.